The van der Waals surface area contributed by atoms with Gasteiger partial charge in [-0.2, -0.15) is 0 Å². The van der Waals surface area contributed by atoms with E-state index in [0.717, 1.165) is 0 Å². The number of ether oxygens (including phenoxy) is 2. The lowest BCUT2D eigenvalue weighted by Crippen LogP contribution is -2.39. The molecule has 0 heterocycles. The number of hydrogen-bond acceptors (Lipinski definition) is 3. The number of rotatable bonds is 5. The maximum Gasteiger partial charge on any atom is 0.188 e. The monoisotopic (exact) mass is 175 g/mol. The first-order valence-electron chi connectivity index (χ1n) is 3.72. The van der Waals surface area contributed by atoms with Crippen molar-refractivity contribution in [2.45, 2.75) is 6.10 Å². The lowest BCUT2D eigenvalue weighted by atomic mass is 10.4. The Bertz CT molecular complexity index is 139. The second-order valence-electron chi connectivity index (χ2n) is 2.30. The smallest absolute Gasteiger partial charge is 0.188 e. The van der Waals surface area contributed by atoms with Crippen LogP contribution in [0, 0.1) is 0 Å². The van der Waals surface area contributed by atoms with Crippen molar-refractivity contribution in [2.24, 2.45) is 10.7 Å². The van der Waals surface area contributed by atoms with Crippen LogP contribution in [-0.4, -0.2) is 46.5 Å². The minimum absolute atomic E-state index is 0.00954. The first-order valence-corrected chi connectivity index (χ1v) is 3.72. The molecule has 1 unspecified atom stereocenters. The molecule has 12 heavy (non-hydrogen) atoms. The average molecular weight is 175 g/mol. The fourth-order valence-electron chi connectivity index (χ4n) is 0.694. The van der Waals surface area contributed by atoms with Gasteiger partial charge in [-0.25, -0.2) is 0 Å². The quantitative estimate of drug-likeness (QED) is 0.423. The van der Waals surface area contributed by atoms with Crippen molar-refractivity contribution < 1.29 is 9.47 Å². The van der Waals surface area contributed by atoms with Gasteiger partial charge in [0.25, 0.3) is 0 Å². The normalized spacial score (nSPS) is 14.4. The molecular formula is C7H17N3O2. The molecule has 3 N–H and O–H groups in total. The Morgan fingerprint density at radius 3 is 2.67 bits per heavy atom. The van der Waals surface area contributed by atoms with E-state index in [1.165, 1.54) is 0 Å². The summed E-state index contributed by atoms with van der Waals surface area (Å²) in [6.45, 7) is 1.15. The molecule has 0 amide bonds. The van der Waals surface area contributed by atoms with Crippen LogP contribution in [0.5, 0.6) is 0 Å². The van der Waals surface area contributed by atoms with Gasteiger partial charge in [0.15, 0.2) is 5.96 Å². The summed E-state index contributed by atoms with van der Waals surface area (Å²) in [5.74, 6) is 0.410. The molecule has 0 radical (unpaired) electrons. The zero-order chi connectivity index (χ0) is 9.40. The minimum Gasteiger partial charge on any atom is -0.382 e. The molecule has 0 fully saturated rings. The molecule has 1 atom stereocenters. The molecule has 0 spiro atoms. The van der Waals surface area contributed by atoms with Crippen LogP contribution in [0.2, 0.25) is 0 Å². The molecule has 5 nitrogen and oxygen atoms in total. The van der Waals surface area contributed by atoms with E-state index in [1.54, 1.807) is 21.3 Å². The number of nitrogens with one attached hydrogen (secondary N) is 1. The standard InChI is InChI=1S/C7H17N3O2/c1-9-7(8)10-4-6(12-3)5-11-2/h6H,4-5H2,1-3H3,(H3,8,9,10). The van der Waals surface area contributed by atoms with E-state index in [0.29, 0.717) is 19.1 Å². The van der Waals surface area contributed by atoms with E-state index in [4.69, 9.17) is 15.2 Å². The first-order chi connectivity index (χ1) is 5.74. The van der Waals surface area contributed by atoms with Gasteiger partial charge in [-0.3, -0.25) is 4.99 Å². The van der Waals surface area contributed by atoms with E-state index >= 15 is 0 Å². The Balaban J connectivity index is 3.57. The fourth-order valence-corrected chi connectivity index (χ4v) is 0.694. The van der Waals surface area contributed by atoms with Crippen LogP contribution >= 0.6 is 0 Å². The predicted molar refractivity (Wildman–Crippen MR) is 48.2 cm³/mol. The third-order valence-electron chi connectivity index (χ3n) is 1.44. The third kappa shape index (κ3) is 4.92. The summed E-state index contributed by atoms with van der Waals surface area (Å²) in [4.78, 5) is 3.74. The van der Waals surface area contributed by atoms with E-state index < -0.39 is 0 Å². The highest BCUT2D eigenvalue weighted by Crippen LogP contribution is 1.87. The predicted octanol–water partition coefficient (Wildman–Crippen LogP) is -0.818. The molecule has 5 heteroatoms. The zero-order valence-corrected chi connectivity index (χ0v) is 7.83. The van der Waals surface area contributed by atoms with E-state index in [2.05, 4.69) is 10.3 Å². The number of methoxy groups -OCH3 is 2. The van der Waals surface area contributed by atoms with Gasteiger partial charge in [0.05, 0.1) is 12.7 Å². The van der Waals surface area contributed by atoms with Gasteiger partial charge in [-0.15, -0.1) is 0 Å². The minimum atomic E-state index is 0.00954. The molecule has 0 aromatic rings. The van der Waals surface area contributed by atoms with Crippen LogP contribution in [0.1, 0.15) is 0 Å². The molecule has 0 saturated carbocycles. The highest BCUT2D eigenvalue weighted by Gasteiger charge is 2.05. The summed E-state index contributed by atoms with van der Waals surface area (Å²) in [5.41, 5.74) is 5.41. The Kier molecular flexibility index (Phi) is 6.41. The van der Waals surface area contributed by atoms with Crippen molar-refractivity contribution in [1.29, 1.82) is 0 Å². The van der Waals surface area contributed by atoms with Crippen molar-refractivity contribution in [2.75, 3.05) is 34.4 Å². The molecule has 0 aliphatic carbocycles. The average Bonchev–Trinajstić information content (AvgIpc) is 2.11. The van der Waals surface area contributed by atoms with Crippen molar-refractivity contribution in [3.63, 3.8) is 0 Å². The summed E-state index contributed by atoms with van der Waals surface area (Å²) in [5, 5.41) is 2.89. The van der Waals surface area contributed by atoms with E-state index in [-0.39, 0.29) is 6.10 Å². The number of nitrogens with two attached hydrogens (primary N) is 1. The lowest BCUT2D eigenvalue weighted by molar-refractivity contribution is 0.0315. The maximum atomic E-state index is 5.41. The molecule has 0 saturated heterocycles. The van der Waals surface area contributed by atoms with Crippen LogP contribution in [0.4, 0.5) is 0 Å². The first kappa shape index (κ1) is 11.2. The summed E-state index contributed by atoms with van der Waals surface area (Å²) in [6, 6.07) is 0. The van der Waals surface area contributed by atoms with E-state index in [1.807, 2.05) is 0 Å². The second-order valence-corrected chi connectivity index (χ2v) is 2.30. The lowest BCUT2D eigenvalue weighted by Gasteiger charge is -2.14. The van der Waals surface area contributed by atoms with Gasteiger partial charge >= 0.3 is 0 Å². The Morgan fingerprint density at radius 2 is 2.25 bits per heavy atom. The summed E-state index contributed by atoms with van der Waals surface area (Å²) in [6.07, 6.45) is 0.00954. The topological polar surface area (TPSA) is 68.9 Å². The molecule has 72 valence electrons. The van der Waals surface area contributed by atoms with Crippen molar-refractivity contribution in [3.05, 3.63) is 0 Å². The molecule has 0 rings (SSSR count). The van der Waals surface area contributed by atoms with Gasteiger partial charge in [-0.1, -0.05) is 0 Å². The summed E-state index contributed by atoms with van der Waals surface area (Å²) < 4.78 is 10.0. The number of nitrogens with zero attached hydrogens (tertiary/aromatic N) is 1. The highest BCUT2D eigenvalue weighted by molar-refractivity contribution is 5.77. The van der Waals surface area contributed by atoms with Crippen molar-refractivity contribution >= 4 is 5.96 Å². The van der Waals surface area contributed by atoms with Gasteiger partial charge in [0.2, 0.25) is 0 Å². The molecule has 0 aromatic carbocycles. The summed E-state index contributed by atoms with van der Waals surface area (Å²) in [7, 11) is 4.88. The van der Waals surface area contributed by atoms with Crippen molar-refractivity contribution in [1.82, 2.24) is 5.32 Å². The number of guanidine groups is 1. The third-order valence-corrected chi connectivity index (χ3v) is 1.44. The van der Waals surface area contributed by atoms with Gasteiger partial charge in [-0.05, 0) is 0 Å². The fraction of sp³-hybridized carbons (Fsp3) is 0.857. The Labute approximate surface area is 72.9 Å². The summed E-state index contributed by atoms with van der Waals surface area (Å²) >= 11 is 0. The maximum absolute atomic E-state index is 5.41. The van der Waals surface area contributed by atoms with Gasteiger partial charge in [0, 0.05) is 27.8 Å². The molecular weight excluding hydrogens is 158 g/mol. The Hall–Kier alpha value is -0.810. The van der Waals surface area contributed by atoms with Crippen LogP contribution in [0.25, 0.3) is 0 Å². The van der Waals surface area contributed by atoms with Gasteiger partial charge < -0.3 is 20.5 Å². The van der Waals surface area contributed by atoms with Crippen LogP contribution < -0.4 is 11.1 Å². The SMILES string of the molecule is CN=C(N)NCC(COC)OC. The molecule has 0 aliphatic rings. The highest BCUT2D eigenvalue weighted by atomic mass is 16.5. The second kappa shape index (κ2) is 6.87. The molecule has 0 bridgehead atoms. The number of aliphatic imine (C=N–C) groups is 1. The van der Waals surface area contributed by atoms with Crippen LogP contribution in [0.15, 0.2) is 4.99 Å². The van der Waals surface area contributed by atoms with Crippen LogP contribution in [0.3, 0.4) is 0 Å². The van der Waals surface area contributed by atoms with Crippen molar-refractivity contribution in [3.8, 4) is 0 Å². The van der Waals surface area contributed by atoms with E-state index in [9.17, 15) is 0 Å². The molecule has 0 aliphatic heterocycles. The largest absolute Gasteiger partial charge is 0.382 e. The zero-order valence-electron chi connectivity index (χ0n) is 7.83. The van der Waals surface area contributed by atoms with Gasteiger partial charge in [0.1, 0.15) is 0 Å². The van der Waals surface area contributed by atoms with Crippen LogP contribution in [-0.2, 0) is 9.47 Å². The number of hydrogen-bond donors (Lipinski definition) is 2. The molecule has 0 aromatic heterocycles. The Morgan fingerprint density at radius 1 is 1.58 bits per heavy atom.